The molecule has 208 valence electrons. The standard InChI is InChI=1S/C29H40FN3O5/c1-20(2)19-37-25-10-6-21(7-11-25)17-31-27(35)33(18-22-8-9-23(30)16-26(22)34)24-12-14-32(15-13-24)28(36)38-29(3,4)5/h6-11,16,20,24,34H,12-15,17-19H2,1-5H3,(H,31,35). The highest BCUT2D eigenvalue weighted by atomic mass is 19.1. The van der Waals surface area contributed by atoms with Crippen LogP contribution in [0.1, 0.15) is 58.6 Å². The van der Waals surface area contributed by atoms with Gasteiger partial charge in [-0.05, 0) is 63.3 Å². The molecular formula is C29H40FN3O5. The quantitative estimate of drug-likeness (QED) is 0.459. The molecule has 0 aromatic heterocycles. The zero-order valence-corrected chi connectivity index (χ0v) is 23.0. The fourth-order valence-corrected chi connectivity index (χ4v) is 4.15. The second-order valence-electron chi connectivity index (χ2n) is 11.1. The molecule has 0 bridgehead atoms. The lowest BCUT2D eigenvalue weighted by molar-refractivity contribution is 0.0161. The predicted molar refractivity (Wildman–Crippen MR) is 143 cm³/mol. The van der Waals surface area contributed by atoms with Crippen molar-refractivity contribution in [1.82, 2.24) is 15.1 Å². The molecule has 1 heterocycles. The monoisotopic (exact) mass is 529 g/mol. The molecule has 1 fully saturated rings. The first-order valence-corrected chi connectivity index (χ1v) is 13.1. The summed E-state index contributed by atoms with van der Waals surface area (Å²) in [6.45, 7) is 11.6. The van der Waals surface area contributed by atoms with Crippen LogP contribution in [0.3, 0.4) is 0 Å². The van der Waals surface area contributed by atoms with E-state index in [2.05, 4.69) is 19.2 Å². The van der Waals surface area contributed by atoms with Crippen molar-refractivity contribution >= 4 is 12.1 Å². The van der Waals surface area contributed by atoms with Gasteiger partial charge < -0.3 is 29.7 Å². The second kappa shape index (κ2) is 12.8. The van der Waals surface area contributed by atoms with Gasteiger partial charge >= 0.3 is 12.1 Å². The summed E-state index contributed by atoms with van der Waals surface area (Å²) < 4.78 is 24.8. The van der Waals surface area contributed by atoms with E-state index in [9.17, 15) is 19.1 Å². The fourth-order valence-electron chi connectivity index (χ4n) is 4.15. The number of phenols is 1. The lowest BCUT2D eigenvalue weighted by Gasteiger charge is -2.39. The Kier molecular flexibility index (Phi) is 9.83. The zero-order valence-electron chi connectivity index (χ0n) is 23.0. The Bertz CT molecular complexity index is 1080. The summed E-state index contributed by atoms with van der Waals surface area (Å²) in [5.41, 5.74) is 0.779. The highest BCUT2D eigenvalue weighted by Gasteiger charge is 2.32. The van der Waals surface area contributed by atoms with Gasteiger partial charge in [-0.3, -0.25) is 0 Å². The number of nitrogens with zero attached hydrogens (tertiary/aromatic N) is 2. The molecule has 2 N–H and O–H groups in total. The van der Waals surface area contributed by atoms with Crippen LogP contribution >= 0.6 is 0 Å². The van der Waals surface area contributed by atoms with E-state index in [1.165, 1.54) is 12.1 Å². The third-order valence-corrected chi connectivity index (χ3v) is 6.16. The number of likely N-dealkylation sites (tertiary alicyclic amines) is 1. The van der Waals surface area contributed by atoms with Crippen molar-refractivity contribution < 1.29 is 28.6 Å². The van der Waals surface area contributed by atoms with Gasteiger partial charge in [-0.2, -0.15) is 0 Å². The molecule has 1 saturated heterocycles. The number of piperidine rings is 1. The van der Waals surface area contributed by atoms with Crippen molar-refractivity contribution in [3.8, 4) is 11.5 Å². The molecule has 38 heavy (non-hydrogen) atoms. The van der Waals surface area contributed by atoms with Gasteiger partial charge in [-0.15, -0.1) is 0 Å². The van der Waals surface area contributed by atoms with Gasteiger partial charge in [-0.1, -0.05) is 32.0 Å². The van der Waals surface area contributed by atoms with E-state index >= 15 is 0 Å². The molecule has 0 aliphatic carbocycles. The van der Waals surface area contributed by atoms with Gasteiger partial charge in [0, 0.05) is 37.3 Å². The minimum absolute atomic E-state index is 0.108. The van der Waals surface area contributed by atoms with Crippen LogP contribution in [0, 0.1) is 11.7 Å². The van der Waals surface area contributed by atoms with Crippen molar-refractivity contribution in [2.75, 3.05) is 19.7 Å². The SMILES string of the molecule is CC(C)COc1ccc(CNC(=O)N(Cc2ccc(F)cc2O)C2CCN(C(=O)OC(C)(C)C)CC2)cc1. The number of nitrogens with one attached hydrogen (secondary N) is 1. The molecule has 0 saturated carbocycles. The number of carbonyl (C=O) groups is 2. The Morgan fingerprint density at radius 1 is 1.13 bits per heavy atom. The summed E-state index contributed by atoms with van der Waals surface area (Å²) in [6, 6.07) is 10.9. The van der Waals surface area contributed by atoms with Crippen LogP contribution in [-0.4, -0.2) is 58.4 Å². The Morgan fingerprint density at radius 2 is 1.79 bits per heavy atom. The predicted octanol–water partition coefficient (Wildman–Crippen LogP) is 5.68. The van der Waals surface area contributed by atoms with E-state index in [1.807, 2.05) is 45.0 Å². The number of aromatic hydroxyl groups is 1. The van der Waals surface area contributed by atoms with Crippen LogP contribution in [0.5, 0.6) is 11.5 Å². The van der Waals surface area contributed by atoms with E-state index in [1.54, 1.807) is 9.80 Å². The molecule has 0 radical (unpaired) electrons. The van der Waals surface area contributed by atoms with Gasteiger partial charge in [0.15, 0.2) is 0 Å². The topological polar surface area (TPSA) is 91.3 Å². The summed E-state index contributed by atoms with van der Waals surface area (Å²) in [5, 5.41) is 13.2. The number of halogens is 1. The van der Waals surface area contributed by atoms with Crippen molar-refractivity contribution in [2.45, 2.75) is 72.2 Å². The van der Waals surface area contributed by atoms with E-state index in [-0.39, 0.29) is 30.5 Å². The van der Waals surface area contributed by atoms with Gasteiger partial charge in [0.1, 0.15) is 22.9 Å². The number of hydrogen-bond acceptors (Lipinski definition) is 5. The van der Waals surface area contributed by atoms with Gasteiger partial charge in [0.05, 0.1) is 13.2 Å². The largest absolute Gasteiger partial charge is 0.507 e. The van der Waals surface area contributed by atoms with Gasteiger partial charge in [-0.25, -0.2) is 14.0 Å². The molecule has 2 aromatic carbocycles. The first kappa shape index (κ1) is 29.1. The van der Waals surface area contributed by atoms with Crippen molar-refractivity contribution in [3.05, 3.63) is 59.4 Å². The Labute approximate surface area is 224 Å². The minimum Gasteiger partial charge on any atom is -0.507 e. The van der Waals surface area contributed by atoms with Gasteiger partial charge in [0.2, 0.25) is 0 Å². The summed E-state index contributed by atoms with van der Waals surface area (Å²) in [5.74, 6) is 0.454. The molecule has 0 atom stereocenters. The molecule has 9 heteroatoms. The smallest absolute Gasteiger partial charge is 0.410 e. The Hall–Kier alpha value is -3.49. The number of rotatable bonds is 8. The van der Waals surface area contributed by atoms with Crippen LogP contribution in [-0.2, 0) is 17.8 Å². The first-order valence-electron chi connectivity index (χ1n) is 13.1. The third-order valence-electron chi connectivity index (χ3n) is 6.16. The number of carbonyl (C=O) groups excluding carboxylic acids is 2. The van der Waals surface area contributed by atoms with Crippen LogP contribution in [0.4, 0.5) is 14.0 Å². The average Bonchev–Trinajstić information content (AvgIpc) is 2.85. The number of amides is 3. The maximum absolute atomic E-state index is 13.5. The van der Waals surface area contributed by atoms with Gasteiger partial charge in [0.25, 0.3) is 0 Å². The number of phenolic OH excluding ortho intramolecular Hbond substituents is 1. The second-order valence-corrected chi connectivity index (χ2v) is 11.1. The third kappa shape index (κ3) is 8.82. The van der Waals surface area contributed by atoms with Crippen LogP contribution < -0.4 is 10.1 Å². The van der Waals surface area contributed by atoms with E-state index < -0.39 is 11.4 Å². The van der Waals surface area contributed by atoms with Crippen LogP contribution in [0.25, 0.3) is 0 Å². The zero-order chi connectivity index (χ0) is 27.9. The lowest BCUT2D eigenvalue weighted by atomic mass is 10.0. The molecule has 8 nitrogen and oxygen atoms in total. The van der Waals surface area contributed by atoms with E-state index in [4.69, 9.17) is 9.47 Å². The molecule has 0 spiro atoms. The normalized spacial score (nSPS) is 14.3. The highest BCUT2D eigenvalue weighted by molar-refractivity contribution is 5.75. The average molecular weight is 530 g/mol. The maximum atomic E-state index is 13.5. The van der Waals surface area contributed by atoms with Crippen molar-refractivity contribution in [3.63, 3.8) is 0 Å². The van der Waals surface area contributed by atoms with E-state index in [0.29, 0.717) is 50.6 Å². The minimum atomic E-state index is -0.585. The fraction of sp³-hybridized carbons (Fsp3) is 0.517. The first-order chi connectivity index (χ1) is 17.9. The molecule has 1 aliphatic heterocycles. The number of benzene rings is 2. The van der Waals surface area contributed by atoms with Crippen molar-refractivity contribution in [2.24, 2.45) is 5.92 Å². The molecule has 2 aromatic rings. The van der Waals surface area contributed by atoms with Crippen LogP contribution in [0.2, 0.25) is 0 Å². The molecule has 1 aliphatic rings. The molecular weight excluding hydrogens is 489 g/mol. The Balaban J connectivity index is 1.66. The summed E-state index contributed by atoms with van der Waals surface area (Å²) in [6.07, 6.45) is 0.733. The maximum Gasteiger partial charge on any atom is 0.410 e. The number of hydrogen-bond donors (Lipinski definition) is 2. The Morgan fingerprint density at radius 3 is 2.37 bits per heavy atom. The molecule has 3 rings (SSSR count). The lowest BCUT2D eigenvalue weighted by Crippen LogP contribution is -2.51. The number of ether oxygens (including phenoxy) is 2. The summed E-state index contributed by atoms with van der Waals surface area (Å²) in [7, 11) is 0. The van der Waals surface area contributed by atoms with Crippen molar-refractivity contribution in [1.29, 1.82) is 0 Å². The van der Waals surface area contributed by atoms with Crippen LogP contribution in [0.15, 0.2) is 42.5 Å². The van der Waals surface area contributed by atoms with E-state index in [0.717, 1.165) is 17.4 Å². The highest BCUT2D eigenvalue weighted by Crippen LogP contribution is 2.25. The number of urea groups is 1. The summed E-state index contributed by atoms with van der Waals surface area (Å²) in [4.78, 5) is 29.2. The summed E-state index contributed by atoms with van der Waals surface area (Å²) >= 11 is 0. The molecule has 3 amide bonds. The molecule has 0 unspecified atom stereocenters.